The van der Waals surface area contributed by atoms with E-state index in [4.69, 9.17) is 21.1 Å². The number of anilines is 2. The van der Waals surface area contributed by atoms with E-state index in [9.17, 15) is 9.59 Å². The molecule has 33 heavy (non-hydrogen) atoms. The number of nitrogens with one attached hydrogen (secondary N) is 1. The van der Waals surface area contributed by atoms with Crippen LogP contribution in [-0.2, 0) is 16.1 Å². The molecule has 0 saturated carbocycles. The zero-order valence-corrected chi connectivity index (χ0v) is 19.5. The van der Waals surface area contributed by atoms with E-state index in [1.807, 2.05) is 44.2 Å². The SMILES string of the molecule is Cc1cccc(C)c1OCC(=O)Nc1ccc2c(c1)N(Cc1ccc(Cl)cc1)C(=O)C(C)O2. The van der Waals surface area contributed by atoms with Gasteiger partial charge >= 0.3 is 0 Å². The van der Waals surface area contributed by atoms with Crippen molar-refractivity contribution in [2.75, 3.05) is 16.8 Å². The number of fused-ring (bicyclic) bond motifs is 1. The first-order valence-corrected chi connectivity index (χ1v) is 11.0. The Morgan fingerprint density at radius 3 is 2.48 bits per heavy atom. The van der Waals surface area contributed by atoms with E-state index in [2.05, 4.69) is 5.32 Å². The van der Waals surface area contributed by atoms with Gasteiger partial charge in [0, 0.05) is 10.7 Å². The second-order valence-electron chi connectivity index (χ2n) is 8.05. The van der Waals surface area contributed by atoms with E-state index in [1.165, 1.54) is 0 Å². The van der Waals surface area contributed by atoms with Crippen molar-refractivity contribution in [1.29, 1.82) is 0 Å². The van der Waals surface area contributed by atoms with Crippen molar-refractivity contribution < 1.29 is 19.1 Å². The molecule has 1 atom stereocenters. The highest BCUT2D eigenvalue weighted by atomic mass is 35.5. The summed E-state index contributed by atoms with van der Waals surface area (Å²) in [6.07, 6.45) is -0.601. The van der Waals surface area contributed by atoms with Crippen molar-refractivity contribution in [3.63, 3.8) is 0 Å². The third-order valence-electron chi connectivity index (χ3n) is 5.46. The number of aryl methyl sites for hydroxylation is 2. The van der Waals surface area contributed by atoms with Gasteiger partial charge in [0.2, 0.25) is 0 Å². The standard InChI is InChI=1S/C26H25ClN2O4/c1-16-5-4-6-17(2)25(16)32-15-24(30)28-21-11-12-23-22(13-21)29(26(31)18(3)33-23)14-19-7-9-20(27)10-8-19/h4-13,18H,14-15H2,1-3H3,(H,28,30). The first kappa shape index (κ1) is 22.7. The normalized spacial score (nSPS) is 15.0. The summed E-state index contributed by atoms with van der Waals surface area (Å²) in [5.74, 6) is 0.846. The van der Waals surface area contributed by atoms with Crippen LogP contribution in [0.5, 0.6) is 11.5 Å². The molecule has 0 aromatic heterocycles. The minimum absolute atomic E-state index is 0.121. The van der Waals surface area contributed by atoms with Crippen molar-refractivity contribution >= 4 is 34.8 Å². The van der Waals surface area contributed by atoms with Crippen LogP contribution in [0.2, 0.25) is 5.02 Å². The summed E-state index contributed by atoms with van der Waals surface area (Å²) in [5.41, 5.74) is 4.03. The summed E-state index contributed by atoms with van der Waals surface area (Å²) < 4.78 is 11.5. The van der Waals surface area contributed by atoms with E-state index in [0.29, 0.717) is 34.4 Å². The fourth-order valence-electron chi connectivity index (χ4n) is 3.78. The minimum Gasteiger partial charge on any atom is -0.483 e. The number of carbonyl (C=O) groups excluding carboxylic acids is 2. The van der Waals surface area contributed by atoms with Crippen LogP contribution in [0.25, 0.3) is 0 Å². The molecule has 0 bridgehead atoms. The third kappa shape index (κ3) is 5.12. The predicted molar refractivity (Wildman–Crippen MR) is 129 cm³/mol. The Balaban J connectivity index is 1.51. The van der Waals surface area contributed by atoms with E-state index in [-0.39, 0.29) is 18.4 Å². The summed E-state index contributed by atoms with van der Waals surface area (Å²) in [6.45, 7) is 5.85. The quantitative estimate of drug-likeness (QED) is 0.538. The maximum atomic E-state index is 12.9. The Hall–Kier alpha value is -3.51. The number of para-hydroxylation sites is 1. The van der Waals surface area contributed by atoms with Crippen LogP contribution in [0.15, 0.2) is 60.7 Å². The number of rotatable bonds is 6. The van der Waals surface area contributed by atoms with E-state index in [1.54, 1.807) is 42.2 Å². The van der Waals surface area contributed by atoms with E-state index < -0.39 is 6.10 Å². The van der Waals surface area contributed by atoms with Crippen LogP contribution < -0.4 is 19.7 Å². The van der Waals surface area contributed by atoms with Gasteiger partial charge in [-0.05, 0) is 67.8 Å². The second kappa shape index (κ2) is 9.55. The Morgan fingerprint density at radius 2 is 1.79 bits per heavy atom. The number of benzene rings is 3. The Labute approximate surface area is 198 Å². The first-order valence-electron chi connectivity index (χ1n) is 10.7. The Kier molecular flexibility index (Phi) is 6.56. The topological polar surface area (TPSA) is 67.9 Å². The van der Waals surface area contributed by atoms with Crippen LogP contribution >= 0.6 is 11.6 Å². The van der Waals surface area contributed by atoms with E-state index >= 15 is 0 Å². The van der Waals surface area contributed by atoms with Crippen LogP contribution in [0.1, 0.15) is 23.6 Å². The molecule has 3 aromatic carbocycles. The third-order valence-corrected chi connectivity index (χ3v) is 5.71. The molecular formula is C26H25ClN2O4. The van der Waals surface area contributed by atoms with Crippen LogP contribution in [0, 0.1) is 13.8 Å². The molecule has 0 aliphatic carbocycles. The average Bonchev–Trinajstić information content (AvgIpc) is 2.78. The molecule has 1 heterocycles. The molecule has 7 heteroatoms. The van der Waals surface area contributed by atoms with Crippen molar-refractivity contribution in [3.8, 4) is 11.5 Å². The van der Waals surface area contributed by atoms with Gasteiger partial charge in [0.15, 0.2) is 12.7 Å². The molecule has 1 aliphatic heterocycles. The maximum Gasteiger partial charge on any atom is 0.268 e. The van der Waals surface area contributed by atoms with Crippen molar-refractivity contribution in [2.45, 2.75) is 33.4 Å². The van der Waals surface area contributed by atoms with E-state index in [0.717, 1.165) is 16.7 Å². The van der Waals surface area contributed by atoms with Crippen molar-refractivity contribution in [3.05, 3.63) is 82.4 Å². The fraction of sp³-hybridized carbons (Fsp3) is 0.231. The van der Waals surface area contributed by atoms with Gasteiger partial charge < -0.3 is 19.7 Å². The molecule has 0 spiro atoms. The molecule has 6 nitrogen and oxygen atoms in total. The molecule has 1 N–H and O–H groups in total. The summed E-state index contributed by atoms with van der Waals surface area (Å²) in [7, 11) is 0. The van der Waals surface area contributed by atoms with Crippen LogP contribution in [-0.4, -0.2) is 24.5 Å². The monoisotopic (exact) mass is 464 g/mol. The van der Waals surface area contributed by atoms with Gasteiger partial charge in [0.1, 0.15) is 11.5 Å². The molecule has 2 amide bonds. The van der Waals surface area contributed by atoms with Gasteiger partial charge in [-0.1, -0.05) is 41.9 Å². The molecule has 0 saturated heterocycles. The first-order chi connectivity index (χ1) is 15.8. The molecule has 170 valence electrons. The highest BCUT2D eigenvalue weighted by Crippen LogP contribution is 2.37. The highest BCUT2D eigenvalue weighted by molar-refractivity contribution is 6.30. The lowest BCUT2D eigenvalue weighted by Crippen LogP contribution is -2.44. The van der Waals surface area contributed by atoms with Gasteiger partial charge in [0.25, 0.3) is 11.8 Å². The second-order valence-corrected chi connectivity index (χ2v) is 8.49. The zero-order valence-electron chi connectivity index (χ0n) is 18.7. The van der Waals surface area contributed by atoms with Crippen molar-refractivity contribution in [2.24, 2.45) is 0 Å². The lowest BCUT2D eigenvalue weighted by molar-refractivity contribution is -0.125. The molecule has 3 aromatic rings. The lowest BCUT2D eigenvalue weighted by atomic mass is 10.1. The minimum atomic E-state index is -0.601. The molecular weight excluding hydrogens is 440 g/mol. The number of carbonyl (C=O) groups is 2. The number of amides is 2. The summed E-state index contributed by atoms with van der Waals surface area (Å²) in [5, 5.41) is 3.48. The van der Waals surface area contributed by atoms with Gasteiger partial charge in [-0.2, -0.15) is 0 Å². The number of hydrogen-bond acceptors (Lipinski definition) is 4. The number of halogens is 1. The number of nitrogens with zero attached hydrogens (tertiary/aromatic N) is 1. The Morgan fingerprint density at radius 1 is 1.09 bits per heavy atom. The lowest BCUT2D eigenvalue weighted by Gasteiger charge is -2.33. The van der Waals surface area contributed by atoms with Gasteiger partial charge in [0.05, 0.1) is 12.2 Å². The average molecular weight is 465 g/mol. The zero-order chi connectivity index (χ0) is 23.5. The highest BCUT2D eigenvalue weighted by Gasteiger charge is 2.31. The Bertz CT molecular complexity index is 1170. The molecule has 1 unspecified atom stereocenters. The van der Waals surface area contributed by atoms with Gasteiger partial charge in [-0.3, -0.25) is 9.59 Å². The number of ether oxygens (including phenoxy) is 2. The molecule has 0 fully saturated rings. The largest absolute Gasteiger partial charge is 0.483 e. The van der Waals surface area contributed by atoms with Crippen LogP contribution in [0.4, 0.5) is 11.4 Å². The van der Waals surface area contributed by atoms with Crippen LogP contribution in [0.3, 0.4) is 0 Å². The fourth-order valence-corrected chi connectivity index (χ4v) is 3.91. The smallest absolute Gasteiger partial charge is 0.268 e. The van der Waals surface area contributed by atoms with Gasteiger partial charge in [-0.15, -0.1) is 0 Å². The molecule has 4 rings (SSSR count). The van der Waals surface area contributed by atoms with Gasteiger partial charge in [-0.25, -0.2) is 0 Å². The summed E-state index contributed by atoms with van der Waals surface area (Å²) in [4.78, 5) is 27.1. The maximum absolute atomic E-state index is 12.9. The molecule has 0 radical (unpaired) electrons. The predicted octanol–water partition coefficient (Wildman–Crippen LogP) is 5.29. The van der Waals surface area contributed by atoms with Crippen molar-refractivity contribution in [1.82, 2.24) is 0 Å². The summed E-state index contributed by atoms with van der Waals surface area (Å²) in [6, 6.07) is 18.4. The summed E-state index contributed by atoms with van der Waals surface area (Å²) >= 11 is 5.99. The number of hydrogen-bond donors (Lipinski definition) is 1. The molecule has 1 aliphatic rings.